The Kier molecular flexibility index (Phi) is 4.71. The van der Waals surface area contributed by atoms with E-state index in [4.69, 9.17) is 4.42 Å². The molecule has 0 unspecified atom stereocenters. The molecule has 0 saturated carbocycles. The van der Waals surface area contributed by atoms with E-state index in [1.807, 2.05) is 24.4 Å². The van der Waals surface area contributed by atoms with Crippen LogP contribution in [0.1, 0.15) is 50.4 Å². The smallest absolute Gasteiger partial charge is 0.221 e. The van der Waals surface area contributed by atoms with Crippen LogP contribution in [0.4, 0.5) is 0 Å². The lowest BCUT2D eigenvalue weighted by atomic mass is 9.94. The van der Waals surface area contributed by atoms with Gasteiger partial charge in [0.1, 0.15) is 5.76 Å². The minimum Gasteiger partial charge on any atom is -0.444 e. The third kappa shape index (κ3) is 3.85. The number of nitrogens with one attached hydrogen (secondary N) is 1. The Bertz CT molecular complexity index is 688. The highest BCUT2D eigenvalue weighted by Gasteiger charge is 2.28. The lowest BCUT2D eigenvalue weighted by Gasteiger charge is -2.28. The molecule has 128 valence electrons. The zero-order valence-corrected chi connectivity index (χ0v) is 14.6. The van der Waals surface area contributed by atoms with E-state index in [2.05, 4.69) is 48.1 Å². The quantitative estimate of drug-likeness (QED) is 0.941. The summed E-state index contributed by atoms with van der Waals surface area (Å²) in [5.74, 6) is 1.68. The van der Waals surface area contributed by atoms with Gasteiger partial charge in [-0.3, -0.25) is 9.69 Å². The first-order valence-electron chi connectivity index (χ1n) is 8.44. The molecule has 1 aromatic carbocycles. The lowest BCUT2D eigenvalue weighted by molar-refractivity contribution is -0.121. The molecule has 1 atom stereocenters. The van der Waals surface area contributed by atoms with Gasteiger partial charge in [0, 0.05) is 31.0 Å². The Morgan fingerprint density at radius 2 is 2.04 bits per heavy atom. The third-order valence-electron chi connectivity index (χ3n) is 4.36. The maximum Gasteiger partial charge on any atom is 0.221 e. The Hall–Kier alpha value is -2.14. The second kappa shape index (κ2) is 6.77. The average Bonchev–Trinajstić information content (AvgIpc) is 2.94. The van der Waals surface area contributed by atoms with Gasteiger partial charge in [-0.2, -0.15) is 0 Å². The van der Waals surface area contributed by atoms with Crippen molar-refractivity contribution in [2.24, 2.45) is 0 Å². The molecule has 24 heavy (non-hydrogen) atoms. The number of rotatable bonds is 3. The van der Waals surface area contributed by atoms with Gasteiger partial charge in [-0.1, -0.05) is 51.1 Å². The molecule has 5 heteroatoms. The largest absolute Gasteiger partial charge is 0.444 e. The summed E-state index contributed by atoms with van der Waals surface area (Å²) in [6.45, 7) is 8.36. The van der Waals surface area contributed by atoms with E-state index in [0.717, 1.165) is 17.9 Å². The highest BCUT2D eigenvalue weighted by molar-refractivity contribution is 5.77. The third-order valence-corrected chi connectivity index (χ3v) is 4.36. The molecule has 0 aliphatic carbocycles. The first-order valence-corrected chi connectivity index (χ1v) is 8.44. The van der Waals surface area contributed by atoms with Crippen molar-refractivity contribution in [1.82, 2.24) is 15.2 Å². The minimum absolute atomic E-state index is 0.0405. The van der Waals surface area contributed by atoms with Crippen molar-refractivity contribution in [2.45, 2.75) is 45.2 Å². The van der Waals surface area contributed by atoms with Crippen molar-refractivity contribution in [1.29, 1.82) is 0 Å². The molecule has 1 fully saturated rings. The molecule has 3 rings (SSSR count). The second-order valence-electron chi connectivity index (χ2n) is 7.32. The van der Waals surface area contributed by atoms with Crippen LogP contribution in [0.3, 0.4) is 0 Å². The summed E-state index contributed by atoms with van der Waals surface area (Å²) in [5.41, 5.74) is 1.09. The molecule has 2 heterocycles. The van der Waals surface area contributed by atoms with E-state index >= 15 is 0 Å². The van der Waals surface area contributed by atoms with Crippen LogP contribution < -0.4 is 5.32 Å². The molecule has 0 radical (unpaired) electrons. The van der Waals surface area contributed by atoms with E-state index in [0.29, 0.717) is 25.4 Å². The molecule has 5 nitrogen and oxygen atoms in total. The molecule has 1 aromatic heterocycles. The minimum atomic E-state index is -0.0552. The van der Waals surface area contributed by atoms with Gasteiger partial charge < -0.3 is 9.73 Å². The number of nitrogens with zero attached hydrogens (tertiary/aromatic N) is 2. The number of carbonyl (C=O) groups is 1. The molecule has 1 N–H and O–H groups in total. The van der Waals surface area contributed by atoms with Gasteiger partial charge in [-0.15, -0.1) is 0 Å². The van der Waals surface area contributed by atoms with Crippen LogP contribution in [0.2, 0.25) is 0 Å². The maximum absolute atomic E-state index is 12.0. The second-order valence-corrected chi connectivity index (χ2v) is 7.32. The topological polar surface area (TPSA) is 58.4 Å². The van der Waals surface area contributed by atoms with Crippen molar-refractivity contribution < 1.29 is 9.21 Å². The zero-order chi connectivity index (χ0) is 17.2. The van der Waals surface area contributed by atoms with E-state index in [1.165, 1.54) is 0 Å². The molecule has 0 bridgehead atoms. The molecule has 1 saturated heterocycles. The molecular weight excluding hydrogens is 302 g/mol. The fourth-order valence-corrected chi connectivity index (χ4v) is 2.97. The lowest BCUT2D eigenvalue weighted by Crippen LogP contribution is -2.30. The highest BCUT2D eigenvalue weighted by Crippen LogP contribution is 2.28. The molecule has 1 amide bonds. The number of aromatic nitrogens is 1. The summed E-state index contributed by atoms with van der Waals surface area (Å²) in [5, 5.41) is 2.96. The molecule has 0 spiro atoms. The van der Waals surface area contributed by atoms with Crippen LogP contribution in [0.15, 0.2) is 40.9 Å². The average molecular weight is 327 g/mol. The summed E-state index contributed by atoms with van der Waals surface area (Å²) in [6, 6.07) is 10.2. The summed E-state index contributed by atoms with van der Waals surface area (Å²) in [6.07, 6.45) is 2.27. The van der Waals surface area contributed by atoms with E-state index < -0.39 is 0 Å². The van der Waals surface area contributed by atoms with Crippen LogP contribution in [0.25, 0.3) is 0 Å². The van der Waals surface area contributed by atoms with E-state index in [1.54, 1.807) is 0 Å². The van der Waals surface area contributed by atoms with Gasteiger partial charge in [-0.25, -0.2) is 4.98 Å². The van der Waals surface area contributed by atoms with Crippen molar-refractivity contribution in [3.05, 3.63) is 53.7 Å². The van der Waals surface area contributed by atoms with Crippen molar-refractivity contribution in [3.8, 4) is 0 Å². The van der Waals surface area contributed by atoms with Gasteiger partial charge in [0.25, 0.3) is 0 Å². The molecule has 2 aromatic rings. The number of hydrogen-bond donors (Lipinski definition) is 1. The Morgan fingerprint density at radius 3 is 2.71 bits per heavy atom. The number of amides is 1. The summed E-state index contributed by atoms with van der Waals surface area (Å²) < 4.78 is 5.94. The number of hydrogen-bond acceptors (Lipinski definition) is 4. The highest BCUT2D eigenvalue weighted by atomic mass is 16.4. The SMILES string of the molecule is CC(C)(C)c1cnc(CN2CCNC(=O)C[C@H]2c2ccccc2)o1. The van der Waals surface area contributed by atoms with Gasteiger partial charge >= 0.3 is 0 Å². The Labute approximate surface area is 143 Å². The van der Waals surface area contributed by atoms with E-state index in [-0.39, 0.29) is 17.4 Å². The van der Waals surface area contributed by atoms with Crippen LogP contribution in [0.5, 0.6) is 0 Å². The van der Waals surface area contributed by atoms with Crippen LogP contribution >= 0.6 is 0 Å². The summed E-state index contributed by atoms with van der Waals surface area (Å²) in [4.78, 5) is 18.7. The maximum atomic E-state index is 12.0. The molecule has 1 aliphatic heterocycles. The van der Waals surface area contributed by atoms with Crippen molar-refractivity contribution in [3.63, 3.8) is 0 Å². The number of carbonyl (C=O) groups excluding carboxylic acids is 1. The predicted molar refractivity (Wildman–Crippen MR) is 92.4 cm³/mol. The van der Waals surface area contributed by atoms with Crippen molar-refractivity contribution >= 4 is 5.91 Å². The van der Waals surface area contributed by atoms with Gasteiger partial charge in [0.2, 0.25) is 11.8 Å². The normalized spacial score (nSPS) is 19.8. The number of benzene rings is 1. The van der Waals surface area contributed by atoms with E-state index in [9.17, 15) is 4.79 Å². The Balaban J connectivity index is 1.83. The van der Waals surface area contributed by atoms with Gasteiger partial charge in [0.15, 0.2) is 0 Å². The van der Waals surface area contributed by atoms with Crippen molar-refractivity contribution in [2.75, 3.05) is 13.1 Å². The van der Waals surface area contributed by atoms with Crippen LogP contribution in [-0.2, 0) is 16.8 Å². The zero-order valence-electron chi connectivity index (χ0n) is 14.6. The first-order chi connectivity index (χ1) is 11.4. The van der Waals surface area contributed by atoms with Gasteiger partial charge in [-0.05, 0) is 5.56 Å². The fraction of sp³-hybridized carbons (Fsp3) is 0.474. The fourth-order valence-electron chi connectivity index (χ4n) is 2.97. The van der Waals surface area contributed by atoms with Crippen LogP contribution in [0, 0.1) is 0 Å². The molecular formula is C19H25N3O2. The monoisotopic (exact) mass is 327 g/mol. The summed E-state index contributed by atoms with van der Waals surface area (Å²) in [7, 11) is 0. The first kappa shape index (κ1) is 16.7. The summed E-state index contributed by atoms with van der Waals surface area (Å²) >= 11 is 0. The number of oxazole rings is 1. The predicted octanol–water partition coefficient (Wildman–Crippen LogP) is 3.04. The Morgan fingerprint density at radius 1 is 1.29 bits per heavy atom. The van der Waals surface area contributed by atoms with Gasteiger partial charge in [0.05, 0.1) is 12.7 Å². The molecule has 1 aliphatic rings. The standard InChI is InChI=1S/C19H25N3O2/c1-19(2,3)16-12-21-18(24-16)13-22-10-9-20-17(23)11-15(22)14-7-5-4-6-8-14/h4-8,12,15H,9-11,13H2,1-3H3,(H,20,23)/t15-/m0/s1. The van der Waals surface area contributed by atoms with Crippen LogP contribution in [-0.4, -0.2) is 28.9 Å².